The van der Waals surface area contributed by atoms with Crippen molar-refractivity contribution in [3.8, 4) is 5.75 Å². The minimum absolute atomic E-state index is 0.0609. The van der Waals surface area contributed by atoms with E-state index in [1.807, 2.05) is 32.9 Å². The number of carbonyl (C=O) groups excluding carboxylic acids is 1. The van der Waals surface area contributed by atoms with Gasteiger partial charge in [0, 0.05) is 0 Å². The summed E-state index contributed by atoms with van der Waals surface area (Å²) in [5.74, 6) is 0.508. The second-order valence-electron chi connectivity index (χ2n) is 9.23. The Balaban J connectivity index is 1.92. The molecule has 0 aliphatic rings. The van der Waals surface area contributed by atoms with E-state index in [0.29, 0.717) is 39.6 Å². The van der Waals surface area contributed by atoms with Gasteiger partial charge in [-0.1, -0.05) is 57.6 Å². The van der Waals surface area contributed by atoms with E-state index in [1.54, 1.807) is 0 Å². The first-order valence-corrected chi connectivity index (χ1v) is 12.6. The van der Waals surface area contributed by atoms with Crippen LogP contribution in [0.15, 0.2) is 24.3 Å². The van der Waals surface area contributed by atoms with Crippen molar-refractivity contribution < 1.29 is 28.5 Å². The lowest BCUT2D eigenvalue weighted by Gasteiger charge is -2.19. The van der Waals surface area contributed by atoms with Gasteiger partial charge in [-0.15, -0.1) is 0 Å². The first-order chi connectivity index (χ1) is 15.9. The van der Waals surface area contributed by atoms with E-state index in [9.17, 15) is 4.79 Å². The fraction of sp³-hybridized carbons (Fsp3) is 0.741. The maximum absolute atomic E-state index is 11.5. The summed E-state index contributed by atoms with van der Waals surface area (Å²) in [5, 5.41) is 0. The molecule has 0 N–H and O–H groups in total. The SMILES string of the molecule is CCCCCCCCCc1ccc(OCCOCCOCCOCC(=O)OC(C)(C)C)cc1. The predicted octanol–water partition coefficient (Wildman–Crippen LogP) is 5.75. The minimum Gasteiger partial charge on any atom is -0.491 e. The Morgan fingerprint density at radius 3 is 1.88 bits per heavy atom. The number of carbonyl (C=O) groups is 1. The van der Waals surface area contributed by atoms with Crippen molar-refractivity contribution >= 4 is 5.97 Å². The van der Waals surface area contributed by atoms with Gasteiger partial charge < -0.3 is 23.7 Å². The first-order valence-electron chi connectivity index (χ1n) is 12.6. The zero-order chi connectivity index (χ0) is 24.2. The van der Waals surface area contributed by atoms with Gasteiger partial charge in [0.25, 0.3) is 0 Å². The average molecular weight is 467 g/mol. The number of ether oxygens (including phenoxy) is 5. The fourth-order valence-electron chi connectivity index (χ4n) is 3.22. The number of rotatable bonds is 20. The van der Waals surface area contributed by atoms with Crippen molar-refractivity contribution in [2.75, 3.05) is 46.2 Å². The summed E-state index contributed by atoms with van der Waals surface area (Å²) < 4.78 is 27.0. The Kier molecular flexibility index (Phi) is 16.7. The van der Waals surface area contributed by atoms with E-state index >= 15 is 0 Å². The summed E-state index contributed by atoms with van der Waals surface area (Å²) >= 11 is 0. The molecule has 0 bridgehead atoms. The van der Waals surface area contributed by atoms with Gasteiger partial charge in [0.05, 0.1) is 33.0 Å². The molecular formula is C27H46O6. The molecule has 6 heteroatoms. The molecule has 0 amide bonds. The smallest absolute Gasteiger partial charge is 0.332 e. The van der Waals surface area contributed by atoms with Crippen LogP contribution < -0.4 is 4.74 Å². The van der Waals surface area contributed by atoms with Gasteiger partial charge in [0.15, 0.2) is 0 Å². The molecule has 0 radical (unpaired) electrons. The molecular weight excluding hydrogens is 420 g/mol. The van der Waals surface area contributed by atoms with Crippen molar-refractivity contribution in [3.05, 3.63) is 29.8 Å². The van der Waals surface area contributed by atoms with E-state index < -0.39 is 5.60 Å². The second-order valence-corrected chi connectivity index (χ2v) is 9.23. The van der Waals surface area contributed by atoms with Gasteiger partial charge in [-0.3, -0.25) is 0 Å². The number of unbranched alkanes of at least 4 members (excludes halogenated alkanes) is 6. The molecule has 0 saturated heterocycles. The van der Waals surface area contributed by atoms with E-state index in [-0.39, 0.29) is 12.6 Å². The Hall–Kier alpha value is -1.63. The van der Waals surface area contributed by atoms with E-state index in [0.717, 1.165) is 12.2 Å². The Labute approximate surface area is 201 Å². The largest absolute Gasteiger partial charge is 0.491 e. The Morgan fingerprint density at radius 2 is 1.27 bits per heavy atom. The third-order valence-electron chi connectivity index (χ3n) is 4.87. The fourth-order valence-corrected chi connectivity index (χ4v) is 3.22. The number of hydrogen-bond acceptors (Lipinski definition) is 6. The molecule has 0 heterocycles. The van der Waals surface area contributed by atoms with Crippen LogP contribution in [-0.4, -0.2) is 57.8 Å². The highest BCUT2D eigenvalue weighted by molar-refractivity contribution is 5.71. The van der Waals surface area contributed by atoms with Crippen LogP contribution in [0.2, 0.25) is 0 Å². The molecule has 0 aromatic heterocycles. The van der Waals surface area contributed by atoms with Gasteiger partial charge in [0.2, 0.25) is 0 Å². The number of hydrogen-bond donors (Lipinski definition) is 0. The molecule has 0 aliphatic heterocycles. The standard InChI is InChI=1S/C27H46O6/c1-5-6-7-8-9-10-11-12-24-13-15-25(16-14-24)32-22-21-30-18-17-29-19-20-31-23-26(28)33-27(2,3)4/h13-16H,5-12,17-23H2,1-4H3. The molecule has 0 saturated carbocycles. The highest BCUT2D eigenvalue weighted by atomic mass is 16.6. The molecule has 1 aromatic carbocycles. The van der Waals surface area contributed by atoms with E-state index in [2.05, 4.69) is 19.1 Å². The molecule has 0 fully saturated rings. The molecule has 0 unspecified atom stereocenters. The summed E-state index contributed by atoms with van der Waals surface area (Å²) in [7, 11) is 0. The summed E-state index contributed by atoms with van der Waals surface area (Å²) in [6.07, 6.45) is 10.5. The summed E-state index contributed by atoms with van der Waals surface area (Å²) in [5.41, 5.74) is 0.883. The van der Waals surface area contributed by atoms with Crippen LogP contribution in [-0.2, 0) is 30.2 Å². The van der Waals surface area contributed by atoms with Crippen LogP contribution in [0.25, 0.3) is 0 Å². The third-order valence-corrected chi connectivity index (χ3v) is 4.87. The lowest BCUT2D eigenvalue weighted by Crippen LogP contribution is -2.27. The van der Waals surface area contributed by atoms with Gasteiger partial charge in [-0.05, 0) is 51.3 Å². The summed E-state index contributed by atoms with van der Waals surface area (Å²) in [4.78, 5) is 11.5. The topological polar surface area (TPSA) is 63.2 Å². The predicted molar refractivity (Wildman–Crippen MR) is 132 cm³/mol. The third kappa shape index (κ3) is 18.5. The van der Waals surface area contributed by atoms with Crippen LogP contribution in [0.4, 0.5) is 0 Å². The number of esters is 1. The van der Waals surface area contributed by atoms with Crippen molar-refractivity contribution in [2.45, 2.75) is 84.7 Å². The highest BCUT2D eigenvalue weighted by Gasteiger charge is 2.15. The van der Waals surface area contributed by atoms with Crippen molar-refractivity contribution in [1.29, 1.82) is 0 Å². The molecule has 1 rings (SSSR count). The van der Waals surface area contributed by atoms with Crippen molar-refractivity contribution in [2.24, 2.45) is 0 Å². The van der Waals surface area contributed by atoms with Crippen LogP contribution >= 0.6 is 0 Å². The quantitative estimate of drug-likeness (QED) is 0.180. The van der Waals surface area contributed by atoms with E-state index in [4.69, 9.17) is 23.7 Å². The maximum atomic E-state index is 11.5. The Morgan fingerprint density at radius 1 is 0.727 bits per heavy atom. The molecule has 0 atom stereocenters. The van der Waals surface area contributed by atoms with Gasteiger partial charge >= 0.3 is 5.97 Å². The van der Waals surface area contributed by atoms with Gasteiger partial charge in [-0.2, -0.15) is 0 Å². The highest BCUT2D eigenvalue weighted by Crippen LogP contribution is 2.15. The van der Waals surface area contributed by atoms with Crippen LogP contribution in [0.5, 0.6) is 5.75 Å². The normalized spacial score (nSPS) is 11.5. The van der Waals surface area contributed by atoms with Crippen LogP contribution in [0.3, 0.4) is 0 Å². The zero-order valence-corrected chi connectivity index (χ0v) is 21.4. The van der Waals surface area contributed by atoms with Crippen molar-refractivity contribution in [3.63, 3.8) is 0 Å². The van der Waals surface area contributed by atoms with Crippen LogP contribution in [0, 0.1) is 0 Å². The first kappa shape index (κ1) is 29.4. The summed E-state index contributed by atoms with van der Waals surface area (Å²) in [6, 6.07) is 8.39. The Bertz CT molecular complexity index is 594. The number of aryl methyl sites for hydroxylation is 1. The molecule has 190 valence electrons. The van der Waals surface area contributed by atoms with E-state index in [1.165, 1.54) is 50.5 Å². The lowest BCUT2D eigenvalue weighted by molar-refractivity contribution is -0.160. The lowest BCUT2D eigenvalue weighted by atomic mass is 10.0. The molecule has 1 aromatic rings. The number of benzene rings is 1. The van der Waals surface area contributed by atoms with Crippen molar-refractivity contribution in [1.82, 2.24) is 0 Å². The minimum atomic E-state index is -0.492. The van der Waals surface area contributed by atoms with Gasteiger partial charge in [0.1, 0.15) is 24.6 Å². The molecule has 0 spiro atoms. The zero-order valence-electron chi connectivity index (χ0n) is 21.4. The second kappa shape index (κ2) is 18.8. The molecule has 6 nitrogen and oxygen atoms in total. The summed E-state index contributed by atoms with van der Waals surface area (Å²) in [6.45, 7) is 10.4. The average Bonchev–Trinajstić information content (AvgIpc) is 2.76. The molecule has 33 heavy (non-hydrogen) atoms. The van der Waals surface area contributed by atoms with Crippen LogP contribution in [0.1, 0.15) is 78.2 Å². The monoisotopic (exact) mass is 466 g/mol. The molecule has 0 aliphatic carbocycles. The van der Waals surface area contributed by atoms with Gasteiger partial charge in [-0.25, -0.2) is 4.79 Å². The maximum Gasteiger partial charge on any atom is 0.332 e.